The van der Waals surface area contributed by atoms with E-state index in [0.717, 1.165) is 5.56 Å². The highest BCUT2D eigenvalue weighted by atomic mass is 79.9. The van der Waals surface area contributed by atoms with Crippen LogP contribution in [0, 0.1) is 0 Å². The van der Waals surface area contributed by atoms with Gasteiger partial charge in [-0.2, -0.15) is 0 Å². The van der Waals surface area contributed by atoms with Crippen LogP contribution in [0.1, 0.15) is 28.8 Å². The number of esters is 1. The van der Waals surface area contributed by atoms with E-state index < -0.39 is 17.8 Å². The van der Waals surface area contributed by atoms with E-state index in [1.54, 1.807) is 18.2 Å². The molecule has 0 aliphatic rings. The Morgan fingerprint density at radius 1 is 1.00 bits per heavy atom. The van der Waals surface area contributed by atoms with E-state index in [4.69, 9.17) is 9.47 Å². The van der Waals surface area contributed by atoms with Crippen LogP contribution in [-0.2, 0) is 20.7 Å². The Bertz CT molecular complexity index is 827. The number of hydrogen-bond acceptors (Lipinski definition) is 5. The number of carbonyl (C=O) groups excluding carboxylic acids is 3. The molecule has 0 aliphatic carbocycles. The van der Waals surface area contributed by atoms with Crippen molar-refractivity contribution in [1.82, 2.24) is 10.9 Å². The van der Waals surface area contributed by atoms with E-state index >= 15 is 0 Å². The number of nitrogens with one attached hydrogen (secondary N) is 2. The summed E-state index contributed by atoms with van der Waals surface area (Å²) in [5.74, 6) is -0.842. The number of ether oxygens (including phenoxy) is 2. The molecule has 0 radical (unpaired) electrons. The van der Waals surface area contributed by atoms with Crippen molar-refractivity contribution in [2.24, 2.45) is 0 Å². The lowest BCUT2D eigenvalue weighted by Crippen LogP contribution is -2.41. The van der Waals surface area contributed by atoms with Crippen LogP contribution < -0.4 is 15.6 Å². The normalized spacial score (nSPS) is 10.1. The zero-order valence-corrected chi connectivity index (χ0v) is 17.0. The number of rotatable bonds is 8. The predicted octanol–water partition coefficient (Wildman–Crippen LogP) is 2.78. The lowest BCUT2D eigenvalue weighted by molar-refractivity contribution is -0.144. The lowest BCUT2D eigenvalue weighted by Gasteiger charge is -2.09. The van der Waals surface area contributed by atoms with E-state index in [-0.39, 0.29) is 19.4 Å². The molecule has 0 bridgehead atoms. The topological polar surface area (TPSA) is 93.7 Å². The fourth-order valence-electron chi connectivity index (χ4n) is 2.28. The molecule has 0 aromatic heterocycles. The third-order valence-electron chi connectivity index (χ3n) is 3.78. The van der Waals surface area contributed by atoms with Crippen LogP contribution in [0.5, 0.6) is 5.75 Å². The fraction of sp³-hybridized carbons (Fsp3) is 0.250. The quantitative estimate of drug-likeness (QED) is 0.478. The van der Waals surface area contributed by atoms with Crippen molar-refractivity contribution in [3.63, 3.8) is 0 Å². The molecule has 0 aliphatic heterocycles. The molecule has 0 heterocycles. The third kappa shape index (κ3) is 7.03. The molecule has 8 heteroatoms. The van der Waals surface area contributed by atoms with Gasteiger partial charge in [-0.15, -0.1) is 0 Å². The Morgan fingerprint density at radius 3 is 2.43 bits per heavy atom. The molecule has 0 fully saturated rings. The van der Waals surface area contributed by atoms with Gasteiger partial charge in [-0.05, 0) is 39.7 Å². The maximum Gasteiger partial charge on any atom is 0.306 e. The second kappa shape index (κ2) is 11.1. The Kier molecular flexibility index (Phi) is 8.48. The highest BCUT2D eigenvalue weighted by molar-refractivity contribution is 9.10. The summed E-state index contributed by atoms with van der Waals surface area (Å²) in [5, 5.41) is 0. The fourth-order valence-corrected chi connectivity index (χ4v) is 2.82. The zero-order valence-electron chi connectivity index (χ0n) is 15.4. The molecule has 0 saturated heterocycles. The smallest absolute Gasteiger partial charge is 0.306 e. The van der Waals surface area contributed by atoms with Crippen LogP contribution >= 0.6 is 15.9 Å². The van der Waals surface area contributed by atoms with Crippen molar-refractivity contribution in [3.8, 4) is 5.75 Å². The minimum absolute atomic E-state index is 0.0649. The molecule has 0 atom stereocenters. The van der Waals surface area contributed by atoms with E-state index in [0.29, 0.717) is 22.2 Å². The van der Waals surface area contributed by atoms with Crippen molar-refractivity contribution in [2.45, 2.75) is 19.3 Å². The molecule has 2 amide bonds. The second-order valence-corrected chi connectivity index (χ2v) is 6.66. The van der Waals surface area contributed by atoms with Gasteiger partial charge in [-0.25, -0.2) is 0 Å². The molecule has 0 saturated carbocycles. The Morgan fingerprint density at radius 2 is 1.75 bits per heavy atom. The van der Waals surface area contributed by atoms with E-state index in [2.05, 4.69) is 26.8 Å². The van der Waals surface area contributed by atoms with Gasteiger partial charge < -0.3 is 9.47 Å². The minimum atomic E-state index is -0.485. The van der Waals surface area contributed by atoms with Gasteiger partial charge >= 0.3 is 5.97 Å². The molecule has 0 unspecified atom stereocenters. The van der Waals surface area contributed by atoms with Crippen LogP contribution in [0.4, 0.5) is 0 Å². The average molecular weight is 449 g/mol. The van der Waals surface area contributed by atoms with Crippen molar-refractivity contribution in [2.75, 3.05) is 13.7 Å². The summed E-state index contributed by atoms with van der Waals surface area (Å²) in [6.07, 6.45) is 0.466. The predicted molar refractivity (Wildman–Crippen MR) is 107 cm³/mol. The summed E-state index contributed by atoms with van der Waals surface area (Å²) in [7, 11) is 1.52. The van der Waals surface area contributed by atoms with Crippen molar-refractivity contribution in [1.29, 1.82) is 0 Å². The number of carbonyl (C=O) groups is 3. The Balaban J connectivity index is 1.65. The van der Waals surface area contributed by atoms with Gasteiger partial charge in [0, 0.05) is 18.4 Å². The van der Waals surface area contributed by atoms with Crippen LogP contribution in [0.3, 0.4) is 0 Å². The van der Waals surface area contributed by atoms with Gasteiger partial charge in [-0.3, -0.25) is 25.2 Å². The number of halogens is 1. The van der Waals surface area contributed by atoms with Gasteiger partial charge in [-0.1, -0.05) is 30.3 Å². The molecule has 148 valence electrons. The molecular weight excluding hydrogens is 428 g/mol. The summed E-state index contributed by atoms with van der Waals surface area (Å²) >= 11 is 3.29. The first-order chi connectivity index (χ1) is 13.5. The zero-order chi connectivity index (χ0) is 20.4. The average Bonchev–Trinajstić information content (AvgIpc) is 2.71. The highest BCUT2D eigenvalue weighted by Gasteiger charge is 2.12. The van der Waals surface area contributed by atoms with Crippen LogP contribution in [-0.4, -0.2) is 31.5 Å². The molecule has 2 N–H and O–H groups in total. The Hall–Kier alpha value is -2.87. The first-order valence-electron chi connectivity index (χ1n) is 8.62. The van der Waals surface area contributed by atoms with Gasteiger partial charge in [0.25, 0.3) is 5.91 Å². The molecule has 2 rings (SSSR count). The first-order valence-corrected chi connectivity index (χ1v) is 9.41. The maximum absolute atomic E-state index is 12.0. The largest absolute Gasteiger partial charge is 0.496 e. The number of amides is 2. The van der Waals surface area contributed by atoms with Gasteiger partial charge in [0.15, 0.2) is 0 Å². The first kappa shape index (κ1) is 21.4. The highest BCUT2D eigenvalue weighted by Crippen LogP contribution is 2.25. The molecule has 7 nitrogen and oxygen atoms in total. The summed E-state index contributed by atoms with van der Waals surface area (Å²) in [6, 6.07) is 14.4. The minimum Gasteiger partial charge on any atom is -0.496 e. The molecule has 2 aromatic carbocycles. The van der Waals surface area contributed by atoms with Gasteiger partial charge in [0.2, 0.25) is 5.91 Å². The number of methoxy groups -OCH3 is 1. The van der Waals surface area contributed by atoms with Crippen molar-refractivity contribution >= 4 is 33.7 Å². The van der Waals surface area contributed by atoms with E-state index in [9.17, 15) is 14.4 Å². The SMILES string of the molecule is COc1ccc(C(=O)NNC(=O)CCC(=O)OCCc2ccccc2)cc1Br. The standard InChI is InChI=1S/C20H21BrN2O5/c1-27-17-8-7-15(13-16(17)21)20(26)23-22-18(24)9-10-19(25)28-12-11-14-5-3-2-4-6-14/h2-8,13H,9-12H2,1H3,(H,22,24)(H,23,26). The summed E-state index contributed by atoms with van der Waals surface area (Å²) < 4.78 is 10.8. The van der Waals surface area contributed by atoms with Gasteiger partial charge in [0.1, 0.15) is 5.75 Å². The molecule has 28 heavy (non-hydrogen) atoms. The summed E-state index contributed by atoms with van der Waals surface area (Å²) in [5.41, 5.74) is 5.98. The molecular formula is C20H21BrN2O5. The van der Waals surface area contributed by atoms with E-state index in [1.807, 2.05) is 30.3 Å². The molecule has 0 spiro atoms. The van der Waals surface area contributed by atoms with Crippen LogP contribution in [0.2, 0.25) is 0 Å². The lowest BCUT2D eigenvalue weighted by atomic mass is 10.2. The number of benzene rings is 2. The number of hydrogen-bond donors (Lipinski definition) is 2. The molecule has 2 aromatic rings. The second-order valence-electron chi connectivity index (χ2n) is 5.81. The van der Waals surface area contributed by atoms with Crippen molar-refractivity contribution < 1.29 is 23.9 Å². The summed E-state index contributed by atoms with van der Waals surface area (Å²) in [6.45, 7) is 0.257. The van der Waals surface area contributed by atoms with Gasteiger partial charge in [0.05, 0.1) is 24.6 Å². The van der Waals surface area contributed by atoms with Crippen LogP contribution in [0.25, 0.3) is 0 Å². The summed E-state index contributed by atoms with van der Waals surface area (Å²) in [4.78, 5) is 35.5. The number of hydrazine groups is 1. The third-order valence-corrected chi connectivity index (χ3v) is 4.40. The maximum atomic E-state index is 12.0. The monoisotopic (exact) mass is 448 g/mol. The van der Waals surface area contributed by atoms with E-state index in [1.165, 1.54) is 7.11 Å². The van der Waals surface area contributed by atoms with Crippen molar-refractivity contribution in [3.05, 3.63) is 64.1 Å². The Labute approximate surface area is 171 Å². The van der Waals surface area contributed by atoms with Crippen LogP contribution in [0.15, 0.2) is 53.0 Å².